The Morgan fingerprint density at radius 2 is 1.54 bits per heavy atom. The molecule has 380 valence electrons. The number of ketones is 2. The molecule has 3 heterocycles. The van der Waals surface area contributed by atoms with Crippen LogP contribution in [-0.2, 0) is 38.2 Å². The summed E-state index contributed by atoms with van der Waals surface area (Å²) in [6.07, 6.45) is 13.0. The van der Waals surface area contributed by atoms with Gasteiger partial charge in [-0.2, -0.15) is 0 Å². The van der Waals surface area contributed by atoms with E-state index in [1.165, 1.54) is 23.6 Å². The van der Waals surface area contributed by atoms with Gasteiger partial charge in [0.25, 0.3) is 0 Å². The number of aliphatic hydroxyl groups is 2. The number of likely N-dealkylation sites (tertiary alicyclic amines) is 1. The molecule has 0 spiro atoms. The predicted molar refractivity (Wildman–Crippen MR) is 254 cm³/mol. The normalized spacial score (nSPS) is 30.2. The minimum absolute atomic E-state index is 0.000177. The fourth-order valence-corrected chi connectivity index (χ4v) is 9.26. The van der Waals surface area contributed by atoms with E-state index >= 15 is 0 Å². The highest BCUT2D eigenvalue weighted by Crippen LogP contribution is 2.46. The molecule has 0 aromatic carbocycles. The summed E-state index contributed by atoms with van der Waals surface area (Å²) in [5.74, 6) is -2.31. The number of rotatable bonds is 14. The van der Waals surface area contributed by atoms with Gasteiger partial charge < -0.3 is 50.8 Å². The number of β-amino-alcohol motifs (C(OH)–C–C–N with tert-alkyl or cyclic N) is 1. The van der Waals surface area contributed by atoms with Crippen molar-refractivity contribution in [1.29, 1.82) is 0 Å². The number of nitrogens with zero attached hydrogens (tertiary/aromatic N) is 2. The number of nitrogens with one attached hydrogen (secondary N) is 4. The topological polar surface area (TPSA) is 250 Å². The average Bonchev–Trinajstić information content (AvgIpc) is 4.02. The van der Waals surface area contributed by atoms with Crippen molar-refractivity contribution in [2.45, 2.75) is 204 Å². The number of carbonyl (C=O) groups is 8. The molecule has 2 saturated carbocycles. The van der Waals surface area contributed by atoms with Crippen LogP contribution in [0.4, 0.5) is 9.59 Å². The van der Waals surface area contributed by atoms with Gasteiger partial charge in [0.1, 0.15) is 46.4 Å². The third-order valence-corrected chi connectivity index (χ3v) is 13.1. The van der Waals surface area contributed by atoms with E-state index in [-0.39, 0.29) is 49.3 Å². The molecule has 2 aliphatic carbocycles. The van der Waals surface area contributed by atoms with E-state index in [1.54, 1.807) is 47.6 Å². The SMILES string of the molecule is C=CCCCCC[C@H](NC(=O)OC(C)(C)C)C(=O)N1C[C@@H](O)C[C@H]1C(=O)N[C@]1(C(C)=O)C[C@H]1C=C.CC(=O)[C@@]12C[C@H]1/C=C\CCCCC[C@H](NC(=O)OC(C)(C)C)C(=O)N1C[C@@H](O)C[C@H]1C(=O)N2. The van der Waals surface area contributed by atoms with Gasteiger partial charge in [0.2, 0.25) is 23.6 Å². The van der Waals surface area contributed by atoms with Crippen molar-refractivity contribution >= 4 is 47.4 Å². The Hall–Kier alpha value is -5.10. The molecule has 18 nitrogen and oxygen atoms in total. The largest absolute Gasteiger partial charge is 0.444 e. The molecule has 10 atom stereocenters. The molecular formula is C50H78N6O12. The molecule has 0 aromatic rings. The molecule has 4 fully saturated rings. The zero-order valence-electron chi connectivity index (χ0n) is 41.5. The highest BCUT2D eigenvalue weighted by molar-refractivity contribution is 5.99. The Bertz CT molecular complexity index is 1920. The number of Topliss-reactive ketones (excluding diaryl/α,β-unsaturated/α-hetero) is 2. The summed E-state index contributed by atoms with van der Waals surface area (Å²) in [7, 11) is 0. The van der Waals surface area contributed by atoms with Crippen LogP contribution in [0.3, 0.4) is 0 Å². The lowest BCUT2D eigenvalue weighted by Gasteiger charge is -2.30. The van der Waals surface area contributed by atoms with E-state index in [4.69, 9.17) is 9.47 Å². The Kier molecular flexibility index (Phi) is 19.2. The highest BCUT2D eigenvalue weighted by atomic mass is 16.6. The van der Waals surface area contributed by atoms with Crippen LogP contribution >= 0.6 is 0 Å². The Morgan fingerprint density at radius 1 is 0.882 bits per heavy atom. The fraction of sp³-hybridized carbons (Fsp3) is 0.720. The smallest absolute Gasteiger partial charge is 0.408 e. The summed E-state index contributed by atoms with van der Waals surface area (Å²) in [4.78, 5) is 105. The lowest BCUT2D eigenvalue weighted by atomic mass is 10.0. The maximum absolute atomic E-state index is 13.5. The number of carbonyl (C=O) groups excluding carboxylic acids is 8. The lowest BCUT2D eigenvalue weighted by Crippen LogP contribution is -2.56. The van der Waals surface area contributed by atoms with Gasteiger partial charge in [-0.1, -0.05) is 50.0 Å². The van der Waals surface area contributed by atoms with E-state index < -0.39 is 94.5 Å². The molecule has 68 heavy (non-hydrogen) atoms. The van der Waals surface area contributed by atoms with Crippen LogP contribution in [0.2, 0.25) is 0 Å². The van der Waals surface area contributed by atoms with Crippen molar-refractivity contribution in [3.8, 4) is 0 Å². The fourth-order valence-electron chi connectivity index (χ4n) is 9.26. The van der Waals surface area contributed by atoms with Gasteiger partial charge in [-0.15, -0.1) is 13.2 Å². The molecule has 5 aliphatic rings. The van der Waals surface area contributed by atoms with Crippen LogP contribution < -0.4 is 21.3 Å². The molecule has 0 bridgehead atoms. The summed E-state index contributed by atoms with van der Waals surface area (Å²) in [6.45, 7) is 20.7. The van der Waals surface area contributed by atoms with Gasteiger partial charge in [0.05, 0.1) is 12.2 Å². The van der Waals surface area contributed by atoms with Gasteiger partial charge in [-0.05, 0) is 107 Å². The van der Waals surface area contributed by atoms with Crippen molar-refractivity contribution in [2.24, 2.45) is 11.8 Å². The minimum Gasteiger partial charge on any atom is -0.444 e. The van der Waals surface area contributed by atoms with Gasteiger partial charge in [-0.25, -0.2) is 9.59 Å². The second kappa shape index (κ2) is 23.5. The van der Waals surface area contributed by atoms with Crippen LogP contribution in [0.5, 0.6) is 0 Å². The maximum Gasteiger partial charge on any atom is 0.408 e. The van der Waals surface area contributed by atoms with Crippen molar-refractivity contribution in [1.82, 2.24) is 31.1 Å². The Morgan fingerprint density at radius 3 is 2.15 bits per heavy atom. The number of ether oxygens (including phenoxy) is 2. The standard InChI is InChI=1S/C26H41N3O6.C24H37N3O6/c1-7-9-10-11-12-13-20(27-24(34)35-25(4,5)6)23(33)29-16-19(31)14-21(29)22(32)28-26(17(3)30)15-18(26)8-2;1-15(28)24-13-16(24)10-8-6-5-7-9-11-18(25-22(32)33-23(2,3)4)21(31)27-14-17(29)12-19(27)20(30)26-24/h7-8,18-21,31H,1-2,9-16H2,3-6H3,(H,27,34)(H,28,32);8,10,16-19,29H,5-7,9,11-14H2,1-4H3,(H,25,32)(H,26,30)/b;10-8-/t18-,19+,20+,21+,26+;16-,17+,18+,19+,24+/m11/s1. The summed E-state index contributed by atoms with van der Waals surface area (Å²) in [5, 5.41) is 31.6. The van der Waals surface area contributed by atoms with Crippen LogP contribution in [-0.4, -0.2) is 139 Å². The lowest BCUT2D eigenvalue weighted by molar-refractivity contribution is -0.141. The monoisotopic (exact) mass is 955 g/mol. The number of hydrogen-bond acceptors (Lipinski definition) is 12. The van der Waals surface area contributed by atoms with Gasteiger partial charge >= 0.3 is 12.2 Å². The number of amides is 6. The van der Waals surface area contributed by atoms with Gasteiger partial charge in [-0.3, -0.25) is 28.8 Å². The molecule has 2 saturated heterocycles. The summed E-state index contributed by atoms with van der Waals surface area (Å²) < 4.78 is 10.7. The van der Waals surface area contributed by atoms with E-state index in [0.717, 1.165) is 38.5 Å². The van der Waals surface area contributed by atoms with Crippen molar-refractivity contribution in [2.75, 3.05) is 13.1 Å². The zero-order chi connectivity index (χ0) is 50.8. The average molecular weight is 955 g/mol. The van der Waals surface area contributed by atoms with E-state index in [1.807, 2.05) is 18.2 Å². The van der Waals surface area contributed by atoms with Crippen molar-refractivity contribution < 1.29 is 58.0 Å². The van der Waals surface area contributed by atoms with Gasteiger partial charge in [0.15, 0.2) is 11.6 Å². The molecule has 6 N–H and O–H groups in total. The third kappa shape index (κ3) is 15.2. The predicted octanol–water partition coefficient (Wildman–Crippen LogP) is 4.45. The first-order chi connectivity index (χ1) is 31.8. The molecule has 3 aliphatic heterocycles. The highest BCUT2D eigenvalue weighted by Gasteiger charge is 2.60. The van der Waals surface area contributed by atoms with Crippen molar-refractivity contribution in [3.63, 3.8) is 0 Å². The molecule has 0 unspecified atom stereocenters. The minimum atomic E-state index is -1.000. The number of unbranched alkanes of at least 4 members (excludes halogenated alkanes) is 3. The van der Waals surface area contributed by atoms with Crippen LogP contribution in [0.15, 0.2) is 37.5 Å². The first-order valence-electron chi connectivity index (χ1n) is 24.3. The summed E-state index contributed by atoms with van der Waals surface area (Å²) >= 11 is 0. The second-order valence-corrected chi connectivity index (χ2v) is 21.1. The molecule has 6 amide bonds. The first kappa shape index (κ1) is 55.5. The maximum atomic E-state index is 13.5. The summed E-state index contributed by atoms with van der Waals surface area (Å²) in [6, 6.07) is -3.61. The number of allylic oxidation sites excluding steroid dienone is 2. The second-order valence-electron chi connectivity index (χ2n) is 21.1. The number of alkyl carbamates (subject to hydrolysis) is 2. The van der Waals surface area contributed by atoms with Crippen LogP contribution in [0, 0.1) is 11.8 Å². The molecule has 5 rings (SSSR count). The Labute approximate surface area is 401 Å². The zero-order valence-corrected chi connectivity index (χ0v) is 41.5. The molecule has 18 heteroatoms. The Balaban J connectivity index is 0.000000297. The first-order valence-corrected chi connectivity index (χ1v) is 24.3. The molecular weight excluding hydrogens is 877 g/mol. The molecule has 0 aromatic heterocycles. The molecule has 0 radical (unpaired) electrons. The number of aliphatic hydroxyl groups excluding tert-OH is 2. The van der Waals surface area contributed by atoms with Crippen LogP contribution in [0.25, 0.3) is 0 Å². The van der Waals surface area contributed by atoms with Crippen molar-refractivity contribution in [3.05, 3.63) is 37.5 Å². The van der Waals surface area contributed by atoms with E-state index in [2.05, 4.69) is 34.4 Å². The third-order valence-electron chi connectivity index (χ3n) is 13.1. The van der Waals surface area contributed by atoms with Gasteiger partial charge in [0, 0.05) is 37.8 Å². The summed E-state index contributed by atoms with van der Waals surface area (Å²) in [5.41, 5.74) is -3.39. The number of hydrogen-bond donors (Lipinski definition) is 6. The number of fused-ring (bicyclic) bond motifs is 2. The quantitative estimate of drug-likeness (QED) is 0.104. The van der Waals surface area contributed by atoms with E-state index in [9.17, 15) is 48.6 Å². The van der Waals surface area contributed by atoms with Crippen LogP contribution in [0.1, 0.15) is 145 Å². The van der Waals surface area contributed by atoms with E-state index in [0.29, 0.717) is 38.5 Å².